The molecule has 1 aromatic carbocycles. The molecule has 82 valence electrons. The van der Waals surface area contributed by atoms with E-state index in [1.165, 1.54) is 0 Å². The lowest BCUT2D eigenvalue weighted by Crippen LogP contribution is -2.23. The number of para-hydroxylation sites is 1. The zero-order valence-corrected chi connectivity index (χ0v) is 9.49. The van der Waals surface area contributed by atoms with Crippen LogP contribution in [0.25, 0.3) is 0 Å². The van der Waals surface area contributed by atoms with Gasteiger partial charge in [-0.2, -0.15) is 0 Å². The maximum atomic E-state index is 11.4. The molecular weight excluding hydrogens is 190 g/mol. The van der Waals surface area contributed by atoms with E-state index < -0.39 is 0 Å². The van der Waals surface area contributed by atoms with E-state index in [0.29, 0.717) is 6.61 Å². The molecule has 0 heterocycles. The molecule has 0 aliphatic carbocycles. The standard InChI is InChI=1S/C12H17NO2/c1-10(14)11-6-4-5-7-12(11)13(2)8-9-15-3/h4-7H,8-9H2,1-3H3. The zero-order valence-electron chi connectivity index (χ0n) is 9.49. The van der Waals surface area contributed by atoms with Gasteiger partial charge in [-0.3, -0.25) is 4.79 Å². The Kier molecular flexibility index (Phi) is 4.31. The van der Waals surface area contributed by atoms with Crippen molar-refractivity contribution in [3.8, 4) is 0 Å². The van der Waals surface area contributed by atoms with Crippen molar-refractivity contribution in [2.45, 2.75) is 6.92 Å². The third kappa shape index (κ3) is 3.06. The Labute approximate surface area is 90.7 Å². The minimum atomic E-state index is 0.0925. The van der Waals surface area contributed by atoms with E-state index >= 15 is 0 Å². The van der Waals surface area contributed by atoms with Gasteiger partial charge in [-0.05, 0) is 19.1 Å². The zero-order chi connectivity index (χ0) is 11.3. The number of likely N-dealkylation sites (N-methyl/N-ethyl adjacent to an activating group) is 1. The summed E-state index contributed by atoms with van der Waals surface area (Å²) in [5.41, 5.74) is 1.72. The lowest BCUT2D eigenvalue weighted by atomic mass is 10.1. The van der Waals surface area contributed by atoms with Crippen molar-refractivity contribution in [3.63, 3.8) is 0 Å². The van der Waals surface area contributed by atoms with Gasteiger partial charge in [0.05, 0.1) is 6.61 Å². The summed E-state index contributed by atoms with van der Waals surface area (Å²) in [6.45, 7) is 3.02. The summed E-state index contributed by atoms with van der Waals surface area (Å²) < 4.78 is 5.01. The van der Waals surface area contributed by atoms with Gasteiger partial charge in [0.1, 0.15) is 0 Å². The maximum Gasteiger partial charge on any atom is 0.161 e. The predicted molar refractivity (Wildman–Crippen MR) is 61.6 cm³/mol. The minimum Gasteiger partial charge on any atom is -0.383 e. The lowest BCUT2D eigenvalue weighted by Gasteiger charge is -2.21. The number of methoxy groups -OCH3 is 1. The smallest absolute Gasteiger partial charge is 0.161 e. The molecule has 15 heavy (non-hydrogen) atoms. The molecule has 0 unspecified atom stereocenters. The van der Waals surface area contributed by atoms with Gasteiger partial charge in [0, 0.05) is 32.0 Å². The summed E-state index contributed by atoms with van der Waals surface area (Å²) in [4.78, 5) is 13.4. The molecule has 1 aromatic rings. The van der Waals surface area contributed by atoms with Crippen molar-refractivity contribution < 1.29 is 9.53 Å². The average Bonchev–Trinajstić information content (AvgIpc) is 2.25. The van der Waals surface area contributed by atoms with Crippen molar-refractivity contribution in [1.82, 2.24) is 0 Å². The quantitative estimate of drug-likeness (QED) is 0.691. The van der Waals surface area contributed by atoms with E-state index in [4.69, 9.17) is 4.74 Å². The van der Waals surface area contributed by atoms with Gasteiger partial charge in [0.25, 0.3) is 0 Å². The first-order valence-corrected chi connectivity index (χ1v) is 4.97. The van der Waals surface area contributed by atoms with Crippen LogP contribution >= 0.6 is 0 Å². The van der Waals surface area contributed by atoms with Crippen LogP contribution in [-0.2, 0) is 4.74 Å². The number of carbonyl (C=O) groups is 1. The van der Waals surface area contributed by atoms with Crippen molar-refractivity contribution >= 4 is 11.5 Å². The topological polar surface area (TPSA) is 29.5 Å². The number of anilines is 1. The van der Waals surface area contributed by atoms with E-state index in [1.807, 2.05) is 36.2 Å². The highest BCUT2D eigenvalue weighted by atomic mass is 16.5. The average molecular weight is 207 g/mol. The third-order valence-electron chi connectivity index (χ3n) is 2.33. The van der Waals surface area contributed by atoms with E-state index in [2.05, 4.69) is 0 Å². The summed E-state index contributed by atoms with van der Waals surface area (Å²) in [6.07, 6.45) is 0. The number of benzene rings is 1. The Balaban J connectivity index is 2.87. The summed E-state index contributed by atoms with van der Waals surface area (Å²) in [5.74, 6) is 0.0925. The Bertz CT molecular complexity index is 336. The Morgan fingerprint density at radius 3 is 2.67 bits per heavy atom. The maximum absolute atomic E-state index is 11.4. The second-order valence-electron chi connectivity index (χ2n) is 3.49. The summed E-state index contributed by atoms with van der Waals surface area (Å²) >= 11 is 0. The molecule has 3 heteroatoms. The molecule has 0 atom stereocenters. The van der Waals surface area contributed by atoms with Crippen LogP contribution in [0.4, 0.5) is 5.69 Å². The summed E-state index contributed by atoms with van der Waals surface area (Å²) in [7, 11) is 3.63. The van der Waals surface area contributed by atoms with Crippen LogP contribution in [0.2, 0.25) is 0 Å². The second kappa shape index (κ2) is 5.51. The fraction of sp³-hybridized carbons (Fsp3) is 0.417. The van der Waals surface area contributed by atoms with Gasteiger partial charge < -0.3 is 9.64 Å². The number of carbonyl (C=O) groups excluding carboxylic acids is 1. The van der Waals surface area contributed by atoms with Crippen LogP contribution in [0.1, 0.15) is 17.3 Å². The largest absolute Gasteiger partial charge is 0.383 e. The van der Waals surface area contributed by atoms with Gasteiger partial charge in [-0.15, -0.1) is 0 Å². The highest BCUT2D eigenvalue weighted by Gasteiger charge is 2.09. The highest BCUT2D eigenvalue weighted by Crippen LogP contribution is 2.19. The molecule has 0 N–H and O–H groups in total. The van der Waals surface area contributed by atoms with Crippen molar-refractivity contribution in [2.24, 2.45) is 0 Å². The van der Waals surface area contributed by atoms with E-state index in [9.17, 15) is 4.79 Å². The van der Waals surface area contributed by atoms with Crippen LogP contribution in [0.5, 0.6) is 0 Å². The van der Waals surface area contributed by atoms with E-state index in [1.54, 1.807) is 14.0 Å². The molecule has 0 amide bonds. The van der Waals surface area contributed by atoms with E-state index in [0.717, 1.165) is 17.8 Å². The predicted octanol–water partition coefficient (Wildman–Crippen LogP) is 1.97. The summed E-state index contributed by atoms with van der Waals surface area (Å²) in [5, 5.41) is 0. The molecule has 0 fully saturated rings. The molecular formula is C12H17NO2. The molecule has 1 rings (SSSR count). The molecule has 0 aromatic heterocycles. The first-order chi connectivity index (χ1) is 7.16. The van der Waals surface area contributed by atoms with Gasteiger partial charge >= 0.3 is 0 Å². The van der Waals surface area contributed by atoms with Gasteiger partial charge in [0.2, 0.25) is 0 Å². The number of hydrogen-bond donors (Lipinski definition) is 0. The number of nitrogens with zero attached hydrogens (tertiary/aromatic N) is 1. The molecule has 0 bridgehead atoms. The van der Waals surface area contributed by atoms with Crippen molar-refractivity contribution in [2.75, 3.05) is 32.2 Å². The molecule has 0 spiro atoms. The molecule has 0 saturated carbocycles. The fourth-order valence-electron chi connectivity index (χ4n) is 1.45. The Morgan fingerprint density at radius 2 is 2.07 bits per heavy atom. The van der Waals surface area contributed by atoms with Crippen molar-refractivity contribution in [1.29, 1.82) is 0 Å². The minimum absolute atomic E-state index is 0.0925. The van der Waals surface area contributed by atoms with Gasteiger partial charge in [0.15, 0.2) is 5.78 Å². The van der Waals surface area contributed by atoms with Crippen LogP contribution in [-0.4, -0.2) is 33.1 Å². The number of ether oxygens (including phenoxy) is 1. The number of ketones is 1. The highest BCUT2D eigenvalue weighted by molar-refractivity contribution is 5.99. The molecule has 3 nitrogen and oxygen atoms in total. The van der Waals surface area contributed by atoms with Crippen LogP contribution in [0.15, 0.2) is 24.3 Å². The van der Waals surface area contributed by atoms with Crippen LogP contribution in [0, 0.1) is 0 Å². The number of hydrogen-bond acceptors (Lipinski definition) is 3. The fourth-order valence-corrected chi connectivity index (χ4v) is 1.45. The summed E-state index contributed by atoms with van der Waals surface area (Å²) in [6, 6.07) is 7.61. The van der Waals surface area contributed by atoms with Gasteiger partial charge in [-0.25, -0.2) is 0 Å². The van der Waals surface area contributed by atoms with E-state index in [-0.39, 0.29) is 5.78 Å². The van der Waals surface area contributed by atoms with Crippen LogP contribution in [0.3, 0.4) is 0 Å². The van der Waals surface area contributed by atoms with Crippen molar-refractivity contribution in [3.05, 3.63) is 29.8 Å². The first-order valence-electron chi connectivity index (χ1n) is 4.97. The number of rotatable bonds is 5. The van der Waals surface area contributed by atoms with Gasteiger partial charge in [-0.1, -0.05) is 12.1 Å². The second-order valence-corrected chi connectivity index (χ2v) is 3.49. The first kappa shape index (κ1) is 11.7. The van der Waals surface area contributed by atoms with Crippen LogP contribution < -0.4 is 4.90 Å². The molecule has 0 aliphatic heterocycles. The molecule has 0 radical (unpaired) electrons. The monoisotopic (exact) mass is 207 g/mol. The molecule has 0 saturated heterocycles. The molecule has 0 aliphatic rings. The number of Topliss-reactive ketones (excluding diaryl/α,β-unsaturated/α-hetero) is 1. The Morgan fingerprint density at radius 1 is 1.40 bits per heavy atom. The normalized spacial score (nSPS) is 10.1. The Hall–Kier alpha value is -1.35. The lowest BCUT2D eigenvalue weighted by molar-refractivity contribution is 0.101. The third-order valence-corrected chi connectivity index (χ3v) is 2.33. The SMILES string of the molecule is COCCN(C)c1ccccc1C(C)=O.